The summed E-state index contributed by atoms with van der Waals surface area (Å²) in [5, 5.41) is 2.99. The van der Waals surface area contributed by atoms with Gasteiger partial charge in [0, 0.05) is 25.8 Å². The summed E-state index contributed by atoms with van der Waals surface area (Å²) in [5.74, 6) is 1.13. The maximum atomic E-state index is 5.88. The van der Waals surface area contributed by atoms with Crippen LogP contribution in [-0.4, -0.2) is 35.5 Å². The molecule has 3 N–H and O–H groups in total. The van der Waals surface area contributed by atoms with Gasteiger partial charge in [-0.05, 0) is 29.7 Å². The van der Waals surface area contributed by atoms with Crippen molar-refractivity contribution in [1.82, 2.24) is 9.88 Å². The molecule has 23 heavy (non-hydrogen) atoms. The maximum absolute atomic E-state index is 5.88. The molecule has 5 nitrogen and oxygen atoms in total. The van der Waals surface area contributed by atoms with Crippen LogP contribution in [0.3, 0.4) is 0 Å². The Bertz CT molecular complexity index is 644. The zero-order valence-corrected chi connectivity index (χ0v) is 15.3. The monoisotopic (exact) mass is 423 g/mol. The SMILES string of the molecule is I.NC(=NCCN1CCc2ccccc2C1)Nc1ccccn1. The predicted molar refractivity (Wildman–Crippen MR) is 105 cm³/mol. The molecule has 6 heteroatoms. The van der Waals surface area contributed by atoms with Crippen LogP contribution in [0.5, 0.6) is 0 Å². The molecule has 0 fully saturated rings. The average molecular weight is 423 g/mol. The molecule has 0 unspecified atom stereocenters. The van der Waals surface area contributed by atoms with E-state index in [1.54, 1.807) is 6.20 Å². The van der Waals surface area contributed by atoms with Gasteiger partial charge in [-0.2, -0.15) is 0 Å². The maximum Gasteiger partial charge on any atom is 0.194 e. The molecule has 0 spiro atoms. The molecule has 2 heterocycles. The van der Waals surface area contributed by atoms with Gasteiger partial charge < -0.3 is 11.1 Å². The van der Waals surface area contributed by atoms with Crippen molar-refractivity contribution in [2.24, 2.45) is 10.7 Å². The van der Waals surface area contributed by atoms with Crippen molar-refractivity contribution in [2.75, 3.05) is 25.0 Å². The zero-order chi connectivity index (χ0) is 15.2. The summed E-state index contributed by atoms with van der Waals surface area (Å²) in [7, 11) is 0. The van der Waals surface area contributed by atoms with Crippen molar-refractivity contribution in [3.05, 3.63) is 59.8 Å². The second kappa shape index (κ2) is 8.83. The number of anilines is 1. The Morgan fingerprint density at radius 3 is 2.74 bits per heavy atom. The largest absolute Gasteiger partial charge is 0.370 e. The van der Waals surface area contributed by atoms with Crippen molar-refractivity contribution >= 4 is 35.8 Å². The Morgan fingerprint density at radius 1 is 1.17 bits per heavy atom. The van der Waals surface area contributed by atoms with E-state index in [2.05, 4.69) is 44.5 Å². The third-order valence-corrected chi connectivity index (χ3v) is 3.83. The van der Waals surface area contributed by atoms with Crippen LogP contribution in [0, 0.1) is 0 Å². The normalized spacial score (nSPS) is 14.7. The molecule has 1 aliphatic rings. The highest BCUT2D eigenvalue weighted by atomic mass is 127. The number of fused-ring (bicyclic) bond motifs is 1. The van der Waals surface area contributed by atoms with Crippen molar-refractivity contribution < 1.29 is 0 Å². The second-order valence-electron chi connectivity index (χ2n) is 5.40. The lowest BCUT2D eigenvalue weighted by molar-refractivity contribution is 0.262. The molecule has 0 atom stereocenters. The van der Waals surface area contributed by atoms with E-state index < -0.39 is 0 Å². The van der Waals surface area contributed by atoms with Gasteiger partial charge in [-0.25, -0.2) is 4.98 Å². The number of hydrogen-bond acceptors (Lipinski definition) is 3. The van der Waals surface area contributed by atoms with Crippen molar-refractivity contribution in [3.8, 4) is 0 Å². The van der Waals surface area contributed by atoms with Gasteiger partial charge in [-0.3, -0.25) is 9.89 Å². The Labute approximate surface area is 154 Å². The van der Waals surface area contributed by atoms with Crippen LogP contribution in [0.15, 0.2) is 53.7 Å². The molecular formula is C17H22IN5. The summed E-state index contributed by atoms with van der Waals surface area (Å²) in [6.45, 7) is 3.69. The van der Waals surface area contributed by atoms with Crippen molar-refractivity contribution in [2.45, 2.75) is 13.0 Å². The Kier molecular flexibility index (Phi) is 6.79. The number of benzene rings is 1. The quantitative estimate of drug-likeness (QED) is 0.451. The number of nitrogens with one attached hydrogen (secondary N) is 1. The highest BCUT2D eigenvalue weighted by Crippen LogP contribution is 2.17. The molecule has 0 amide bonds. The number of nitrogens with zero attached hydrogens (tertiary/aromatic N) is 3. The minimum Gasteiger partial charge on any atom is -0.370 e. The van der Waals surface area contributed by atoms with E-state index in [1.165, 1.54) is 11.1 Å². The van der Waals surface area contributed by atoms with Gasteiger partial charge in [0.1, 0.15) is 5.82 Å². The number of aliphatic imine (C=N–C) groups is 1. The first-order valence-corrected chi connectivity index (χ1v) is 7.58. The van der Waals surface area contributed by atoms with Gasteiger partial charge in [-0.15, -0.1) is 24.0 Å². The van der Waals surface area contributed by atoms with Crippen LogP contribution in [0.25, 0.3) is 0 Å². The molecule has 0 saturated carbocycles. The summed E-state index contributed by atoms with van der Waals surface area (Å²) in [6.07, 6.45) is 2.84. The molecule has 0 bridgehead atoms. The number of nitrogens with two attached hydrogens (primary N) is 1. The Hall–Kier alpha value is -1.67. The number of rotatable bonds is 4. The molecule has 1 aliphatic heterocycles. The van der Waals surface area contributed by atoms with Gasteiger partial charge in [0.05, 0.1) is 6.54 Å². The molecule has 1 aromatic heterocycles. The fourth-order valence-corrected chi connectivity index (χ4v) is 2.66. The van der Waals surface area contributed by atoms with Crippen LogP contribution in [0.2, 0.25) is 0 Å². The standard InChI is InChI=1S/C17H21N5.HI/c18-17(21-16-7-3-4-9-19-16)20-10-12-22-11-8-14-5-1-2-6-15(14)13-22;/h1-7,9H,8,10-13H2,(H3,18,19,20,21);1H. The number of pyridine rings is 1. The van der Waals surface area contributed by atoms with Crippen LogP contribution in [0.1, 0.15) is 11.1 Å². The van der Waals surface area contributed by atoms with Gasteiger partial charge in [0.15, 0.2) is 5.96 Å². The summed E-state index contributed by atoms with van der Waals surface area (Å²) < 4.78 is 0. The van der Waals surface area contributed by atoms with Crippen LogP contribution >= 0.6 is 24.0 Å². The van der Waals surface area contributed by atoms with Crippen LogP contribution < -0.4 is 11.1 Å². The molecule has 122 valence electrons. The van der Waals surface area contributed by atoms with E-state index in [4.69, 9.17) is 5.73 Å². The fourth-order valence-electron chi connectivity index (χ4n) is 2.66. The molecule has 3 rings (SSSR count). The summed E-state index contributed by atoms with van der Waals surface area (Å²) in [4.78, 5) is 10.9. The van der Waals surface area contributed by atoms with Gasteiger partial charge >= 0.3 is 0 Å². The molecule has 0 aliphatic carbocycles. The van der Waals surface area contributed by atoms with Gasteiger partial charge in [0.2, 0.25) is 0 Å². The molecule has 1 aromatic carbocycles. The second-order valence-corrected chi connectivity index (χ2v) is 5.40. The number of hydrogen-bond donors (Lipinski definition) is 2. The number of guanidine groups is 1. The third-order valence-electron chi connectivity index (χ3n) is 3.83. The van der Waals surface area contributed by atoms with E-state index in [0.717, 1.165) is 31.9 Å². The van der Waals surface area contributed by atoms with Crippen molar-refractivity contribution in [3.63, 3.8) is 0 Å². The topological polar surface area (TPSA) is 66.5 Å². The minimum atomic E-state index is 0. The Morgan fingerprint density at radius 2 is 1.96 bits per heavy atom. The highest BCUT2D eigenvalue weighted by molar-refractivity contribution is 14.0. The molecular weight excluding hydrogens is 401 g/mol. The summed E-state index contributed by atoms with van der Waals surface area (Å²) in [5.41, 5.74) is 8.78. The molecule has 2 aromatic rings. The Balaban J connectivity index is 0.00000192. The number of aromatic nitrogens is 1. The number of halogens is 1. The first kappa shape index (κ1) is 17.7. The van der Waals surface area contributed by atoms with E-state index in [9.17, 15) is 0 Å². The molecule has 0 saturated heterocycles. The smallest absolute Gasteiger partial charge is 0.194 e. The van der Waals surface area contributed by atoms with Crippen molar-refractivity contribution in [1.29, 1.82) is 0 Å². The lowest BCUT2D eigenvalue weighted by atomic mass is 10.0. The van der Waals surface area contributed by atoms with E-state index in [-0.39, 0.29) is 24.0 Å². The van der Waals surface area contributed by atoms with E-state index in [1.807, 2.05) is 18.2 Å². The van der Waals surface area contributed by atoms with Gasteiger partial charge in [-0.1, -0.05) is 30.3 Å². The van der Waals surface area contributed by atoms with E-state index in [0.29, 0.717) is 12.5 Å². The predicted octanol–water partition coefficient (Wildman–Crippen LogP) is 2.48. The zero-order valence-electron chi connectivity index (χ0n) is 13.0. The minimum absolute atomic E-state index is 0. The highest BCUT2D eigenvalue weighted by Gasteiger charge is 2.14. The summed E-state index contributed by atoms with van der Waals surface area (Å²) in [6, 6.07) is 14.3. The first-order valence-electron chi connectivity index (χ1n) is 7.58. The van der Waals surface area contributed by atoms with E-state index >= 15 is 0 Å². The van der Waals surface area contributed by atoms with Crippen LogP contribution in [0.4, 0.5) is 5.82 Å². The lowest BCUT2D eigenvalue weighted by Gasteiger charge is -2.28. The molecule has 0 radical (unpaired) electrons. The summed E-state index contributed by atoms with van der Waals surface area (Å²) >= 11 is 0. The third kappa shape index (κ3) is 5.18. The fraction of sp³-hybridized carbons (Fsp3) is 0.294. The van der Waals surface area contributed by atoms with Gasteiger partial charge in [0.25, 0.3) is 0 Å². The average Bonchev–Trinajstić information content (AvgIpc) is 2.55. The lowest BCUT2D eigenvalue weighted by Crippen LogP contribution is -2.33. The first-order chi connectivity index (χ1) is 10.8. The van der Waals surface area contributed by atoms with Crippen LogP contribution in [-0.2, 0) is 13.0 Å².